The number of aliphatic hydroxyl groups excluding tert-OH is 1. The van der Waals surface area contributed by atoms with Crippen molar-refractivity contribution in [2.24, 2.45) is 0 Å². The fraction of sp³-hybridized carbons (Fsp3) is 0.700. The van der Waals surface area contributed by atoms with Gasteiger partial charge >= 0.3 is 8.80 Å². The van der Waals surface area contributed by atoms with Crippen LogP contribution in [0.5, 0.6) is 0 Å². The van der Waals surface area contributed by atoms with E-state index in [1.165, 1.54) is 21.3 Å². The van der Waals surface area contributed by atoms with Gasteiger partial charge < -0.3 is 18.4 Å². The quantitative estimate of drug-likeness (QED) is 0.507. The monoisotopic (exact) mass is 248 g/mol. The van der Waals surface area contributed by atoms with Gasteiger partial charge in [-0.1, -0.05) is 6.58 Å². The van der Waals surface area contributed by atoms with Crippen molar-refractivity contribution in [1.29, 1.82) is 0 Å². The summed E-state index contributed by atoms with van der Waals surface area (Å²) in [5.74, 6) is -0.189. The van der Waals surface area contributed by atoms with Crippen LogP contribution >= 0.6 is 0 Å². The fourth-order valence-corrected chi connectivity index (χ4v) is 3.98. The number of Topliss-reactive ketones (excluding diaryl/α,β-unsaturated/α-hetero) is 1. The van der Waals surface area contributed by atoms with Crippen LogP contribution < -0.4 is 0 Å². The molecule has 1 N–H and O–H groups in total. The molecule has 0 bridgehead atoms. The Morgan fingerprint density at radius 3 is 2.00 bits per heavy atom. The number of rotatable bonds is 8. The van der Waals surface area contributed by atoms with E-state index in [0.29, 0.717) is 5.57 Å². The third kappa shape index (κ3) is 3.23. The van der Waals surface area contributed by atoms with Gasteiger partial charge in [0.25, 0.3) is 0 Å². The molecule has 0 amide bonds. The van der Waals surface area contributed by atoms with E-state index < -0.39 is 14.3 Å². The van der Waals surface area contributed by atoms with E-state index in [0.717, 1.165) is 0 Å². The Hall–Kier alpha value is -0.533. The Morgan fingerprint density at radius 1 is 1.31 bits per heavy atom. The third-order valence-electron chi connectivity index (χ3n) is 2.44. The Labute approximate surface area is 97.4 Å². The molecule has 1 atom stereocenters. The molecule has 6 heteroatoms. The first-order chi connectivity index (χ1) is 7.48. The lowest BCUT2D eigenvalue weighted by atomic mass is 10.1. The highest BCUT2D eigenvalue weighted by molar-refractivity contribution is 6.67. The highest BCUT2D eigenvalue weighted by atomic mass is 28.4. The molecule has 0 aliphatic carbocycles. The topological polar surface area (TPSA) is 65.0 Å². The van der Waals surface area contributed by atoms with Gasteiger partial charge in [-0.05, 0) is 18.9 Å². The molecule has 16 heavy (non-hydrogen) atoms. The van der Waals surface area contributed by atoms with Crippen LogP contribution in [-0.2, 0) is 18.1 Å². The zero-order valence-electron chi connectivity index (χ0n) is 10.3. The molecule has 0 spiro atoms. The number of aliphatic hydroxyl groups is 1. The Balaban J connectivity index is 5.13. The number of ketones is 1. The predicted molar refractivity (Wildman–Crippen MR) is 62.1 cm³/mol. The zero-order chi connectivity index (χ0) is 12.8. The first-order valence-corrected chi connectivity index (χ1v) is 6.75. The van der Waals surface area contributed by atoms with Crippen molar-refractivity contribution in [3.63, 3.8) is 0 Å². The van der Waals surface area contributed by atoms with E-state index in [1.807, 2.05) is 0 Å². The molecule has 0 heterocycles. The summed E-state index contributed by atoms with van der Waals surface area (Å²) in [6, 6.07) is 0. The lowest BCUT2D eigenvalue weighted by molar-refractivity contribution is -0.117. The van der Waals surface area contributed by atoms with E-state index in [2.05, 4.69) is 6.58 Å². The molecule has 0 radical (unpaired) electrons. The minimum atomic E-state index is -3.06. The lowest BCUT2D eigenvalue weighted by Crippen LogP contribution is -2.50. The van der Waals surface area contributed by atoms with E-state index in [4.69, 9.17) is 18.4 Å². The molecule has 0 aliphatic heterocycles. The van der Waals surface area contributed by atoms with Gasteiger partial charge in [0.1, 0.15) is 0 Å². The first kappa shape index (κ1) is 15.5. The van der Waals surface area contributed by atoms with Crippen LogP contribution in [0.1, 0.15) is 13.3 Å². The van der Waals surface area contributed by atoms with Crippen LogP contribution in [0.3, 0.4) is 0 Å². The number of carbonyl (C=O) groups is 1. The molecule has 0 aromatic heterocycles. The van der Waals surface area contributed by atoms with Crippen molar-refractivity contribution in [1.82, 2.24) is 0 Å². The molecule has 94 valence electrons. The van der Waals surface area contributed by atoms with Crippen molar-refractivity contribution >= 4 is 14.6 Å². The van der Waals surface area contributed by atoms with Crippen molar-refractivity contribution in [2.75, 3.05) is 27.9 Å². The van der Waals surface area contributed by atoms with Gasteiger partial charge in [0.2, 0.25) is 0 Å². The summed E-state index contributed by atoms with van der Waals surface area (Å²) in [6.45, 7) is 5.09. The second kappa shape index (κ2) is 6.92. The second-order valence-electron chi connectivity index (χ2n) is 3.43. The Kier molecular flexibility index (Phi) is 6.69. The van der Waals surface area contributed by atoms with Gasteiger partial charge in [0, 0.05) is 27.9 Å². The first-order valence-electron chi connectivity index (χ1n) is 4.95. The highest BCUT2D eigenvalue weighted by Crippen LogP contribution is 2.30. The van der Waals surface area contributed by atoms with E-state index in [1.54, 1.807) is 6.92 Å². The van der Waals surface area contributed by atoms with Crippen LogP contribution in [-0.4, -0.2) is 47.6 Å². The summed E-state index contributed by atoms with van der Waals surface area (Å²) in [5.41, 5.74) is -0.198. The molecule has 0 aromatic carbocycles. The largest absolute Gasteiger partial charge is 0.511 e. The highest BCUT2D eigenvalue weighted by Gasteiger charge is 2.50. The Bertz CT molecular complexity index is 241. The average molecular weight is 248 g/mol. The standard InChI is InChI=1S/C10H20O5Si/c1-8(2)10(12)9(6-7-11)16(13-3,14-4)15-5/h9,11H,1,6-7H2,2-5H3. The van der Waals surface area contributed by atoms with Gasteiger partial charge in [-0.15, -0.1) is 0 Å². The van der Waals surface area contributed by atoms with Gasteiger partial charge in [-0.2, -0.15) is 0 Å². The van der Waals surface area contributed by atoms with Crippen molar-refractivity contribution < 1.29 is 23.2 Å². The van der Waals surface area contributed by atoms with Gasteiger partial charge in [-0.25, -0.2) is 0 Å². The molecule has 1 unspecified atom stereocenters. The summed E-state index contributed by atoms with van der Waals surface area (Å²) in [7, 11) is 1.26. The van der Waals surface area contributed by atoms with Gasteiger partial charge in [-0.3, -0.25) is 4.79 Å². The van der Waals surface area contributed by atoms with Crippen molar-refractivity contribution in [3.05, 3.63) is 12.2 Å². The molecule has 0 aromatic rings. The molecule has 0 saturated heterocycles. The molecule has 0 aliphatic rings. The number of hydrogen-bond donors (Lipinski definition) is 1. The maximum atomic E-state index is 11.9. The van der Waals surface area contributed by atoms with Crippen LogP contribution in [0.4, 0.5) is 0 Å². The van der Waals surface area contributed by atoms with Crippen molar-refractivity contribution in [2.45, 2.75) is 18.9 Å². The second-order valence-corrected chi connectivity index (χ2v) is 6.55. The smallest absolute Gasteiger partial charge is 0.396 e. The van der Waals surface area contributed by atoms with E-state index >= 15 is 0 Å². The summed E-state index contributed by atoms with van der Waals surface area (Å²) in [6.07, 6.45) is 0.243. The van der Waals surface area contributed by atoms with Crippen molar-refractivity contribution in [3.8, 4) is 0 Å². The van der Waals surface area contributed by atoms with Crippen LogP contribution in [0.2, 0.25) is 5.54 Å². The maximum absolute atomic E-state index is 11.9. The van der Waals surface area contributed by atoms with Crippen LogP contribution in [0, 0.1) is 0 Å². The minimum absolute atomic E-state index is 0.130. The normalized spacial score (nSPS) is 13.6. The predicted octanol–water partition coefficient (Wildman–Crippen LogP) is 0.762. The maximum Gasteiger partial charge on any atom is 0.511 e. The minimum Gasteiger partial charge on any atom is -0.396 e. The van der Waals surface area contributed by atoms with Crippen LogP contribution in [0.15, 0.2) is 12.2 Å². The molecular formula is C10H20O5Si. The summed E-state index contributed by atoms with van der Waals surface area (Å²) in [5, 5.41) is 8.99. The fourth-order valence-electron chi connectivity index (χ4n) is 1.57. The van der Waals surface area contributed by atoms with Gasteiger partial charge in [0.15, 0.2) is 5.78 Å². The molecule has 0 saturated carbocycles. The lowest BCUT2D eigenvalue weighted by Gasteiger charge is -2.31. The SMILES string of the molecule is C=C(C)C(=O)C(CCO)[Si](OC)(OC)OC. The summed E-state index contributed by atoms with van der Waals surface area (Å²) >= 11 is 0. The molecule has 0 rings (SSSR count). The molecular weight excluding hydrogens is 228 g/mol. The summed E-state index contributed by atoms with van der Waals surface area (Å²) < 4.78 is 15.7. The van der Waals surface area contributed by atoms with E-state index in [-0.39, 0.29) is 18.8 Å². The Morgan fingerprint density at radius 2 is 1.75 bits per heavy atom. The number of carbonyl (C=O) groups excluding carboxylic acids is 1. The molecule has 5 nitrogen and oxygen atoms in total. The number of hydrogen-bond acceptors (Lipinski definition) is 5. The van der Waals surface area contributed by atoms with Gasteiger partial charge in [0.05, 0.1) is 5.54 Å². The third-order valence-corrected chi connectivity index (χ3v) is 5.55. The number of allylic oxidation sites excluding steroid dienone is 1. The average Bonchev–Trinajstić information content (AvgIpc) is 2.29. The molecule has 0 fully saturated rings. The van der Waals surface area contributed by atoms with E-state index in [9.17, 15) is 4.79 Å². The summed E-state index contributed by atoms with van der Waals surface area (Å²) in [4.78, 5) is 11.9. The zero-order valence-corrected chi connectivity index (χ0v) is 11.3. The van der Waals surface area contributed by atoms with Crippen LogP contribution in [0.25, 0.3) is 0 Å².